The van der Waals surface area contributed by atoms with E-state index in [4.69, 9.17) is 4.98 Å². The largest absolute Gasteiger partial charge is 0.345 e. The normalized spacial score (nSPS) is 19.2. The predicted octanol–water partition coefficient (Wildman–Crippen LogP) is 3.65. The van der Waals surface area contributed by atoms with Gasteiger partial charge in [-0.2, -0.15) is 0 Å². The molecule has 0 spiro atoms. The Bertz CT molecular complexity index is 804. The van der Waals surface area contributed by atoms with E-state index in [1.165, 1.54) is 31.6 Å². The predicted molar refractivity (Wildman–Crippen MR) is 115 cm³/mol. The molecule has 0 radical (unpaired) electrons. The minimum atomic E-state index is 0.150. The average Bonchev–Trinajstić information content (AvgIpc) is 3.18. The molecule has 0 unspecified atom stereocenters. The van der Waals surface area contributed by atoms with Gasteiger partial charge >= 0.3 is 0 Å². The minimum absolute atomic E-state index is 0.150. The number of carbonyl (C=O) groups is 1. The molecule has 2 fully saturated rings. The van der Waals surface area contributed by atoms with Crippen LogP contribution in [0.2, 0.25) is 0 Å². The number of aryl methyl sites for hydroxylation is 1. The monoisotopic (exact) mass is 398 g/mol. The van der Waals surface area contributed by atoms with E-state index >= 15 is 0 Å². The first-order valence-electron chi connectivity index (χ1n) is 10.4. The van der Waals surface area contributed by atoms with Crippen LogP contribution in [0.3, 0.4) is 0 Å². The van der Waals surface area contributed by atoms with Crippen LogP contribution in [0.1, 0.15) is 41.4 Å². The molecule has 2 saturated heterocycles. The maximum Gasteiger partial charge on any atom is 0.254 e. The lowest BCUT2D eigenvalue weighted by Crippen LogP contribution is -2.49. The Labute approximate surface area is 172 Å². The van der Waals surface area contributed by atoms with E-state index in [1.807, 2.05) is 36.1 Å². The summed E-state index contributed by atoms with van der Waals surface area (Å²) in [7, 11) is 0. The third-order valence-electron chi connectivity index (χ3n) is 6.01. The van der Waals surface area contributed by atoms with Crippen LogP contribution in [0.25, 0.3) is 0 Å². The van der Waals surface area contributed by atoms with Crippen LogP contribution in [0.15, 0.2) is 29.6 Å². The van der Waals surface area contributed by atoms with Gasteiger partial charge in [-0.1, -0.05) is 25.1 Å². The summed E-state index contributed by atoms with van der Waals surface area (Å²) in [5, 5.41) is 3.31. The lowest BCUT2D eigenvalue weighted by molar-refractivity contribution is 0.0746. The van der Waals surface area contributed by atoms with Gasteiger partial charge in [0.1, 0.15) is 0 Å². The van der Waals surface area contributed by atoms with E-state index < -0.39 is 0 Å². The van der Waals surface area contributed by atoms with Gasteiger partial charge in [0.2, 0.25) is 0 Å². The van der Waals surface area contributed by atoms with Crippen molar-refractivity contribution in [1.29, 1.82) is 0 Å². The Morgan fingerprint density at radius 2 is 1.82 bits per heavy atom. The highest BCUT2D eigenvalue weighted by atomic mass is 32.1. The van der Waals surface area contributed by atoms with Gasteiger partial charge in [-0.15, -0.1) is 11.3 Å². The summed E-state index contributed by atoms with van der Waals surface area (Å²) >= 11 is 1.74. The third kappa shape index (κ3) is 4.39. The molecule has 0 saturated carbocycles. The highest BCUT2D eigenvalue weighted by Gasteiger charge is 2.25. The van der Waals surface area contributed by atoms with Crippen LogP contribution in [-0.2, 0) is 6.54 Å². The van der Waals surface area contributed by atoms with E-state index in [9.17, 15) is 4.79 Å². The van der Waals surface area contributed by atoms with Crippen LogP contribution >= 0.6 is 11.3 Å². The van der Waals surface area contributed by atoms with E-state index in [0.29, 0.717) is 0 Å². The number of piperazine rings is 1. The number of anilines is 1. The number of aromatic nitrogens is 1. The first kappa shape index (κ1) is 19.4. The molecule has 6 heteroatoms. The molecule has 0 N–H and O–H groups in total. The molecule has 2 aromatic rings. The summed E-state index contributed by atoms with van der Waals surface area (Å²) in [4.78, 5) is 24.5. The van der Waals surface area contributed by atoms with Gasteiger partial charge in [-0.25, -0.2) is 4.98 Å². The molecule has 5 nitrogen and oxygen atoms in total. The van der Waals surface area contributed by atoms with Crippen molar-refractivity contribution in [2.45, 2.75) is 33.2 Å². The van der Waals surface area contributed by atoms with Gasteiger partial charge in [-0.05, 0) is 50.4 Å². The lowest BCUT2D eigenvalue weighted by atomic mass is 9.99. The molecular formula is C22H30N4OS. The second kappa shape index (κ2) is 8.62. The van der Waals surface area contributed by atoms with Crippen molar-refractivity contribution in [2.75, 3.05) is 44.2 Å². The Morgan fingerprint density at radius 1 is 1.11 bits per heavy atom. The van der Waals surface area contributed by atoms with Gasteiger partial charge in [-0.3, -0.25) is 9.69 Å². The summed E-state index contributed by atoms with van der Waals surface area (Å²) < 4.78 is 0. The van der Waals surface area contributed by atoms with Crippen molar-refractivity contribution < 1.29 is 4.79 Å². The second-order valence-corrected chi connectivity index (χ2v) is 9.01. The number of thiazole rings is 1. The number of carbonyl (C=O) groups excluding carboxylic acids is 1. The maximum absolute atomic E-state index is 12.8. The number of likely N-dealkylation sites (tertiary alicyclic amines) is 1. The minimum Gasteiger partial charge on any atom is -0.345 e. The molecule has 150 valence electrons. The third-order valence-corrected chi connectivity index (χ3v) is 6.96. The summed E-state index contributed by atoms with van der Waals surface area (Å²) in [6.07, 6.45) is 2.60. The zero-order chi connectivity index (χ0) is 19.5. The van der Waals surface area contributed by atoms with E-state index in [1.54, 1.807) is 11.3 Å². The smallest absolute Gasteiger partial charge is 0.254 e. The maximum atomic E-state index is 12.8. The summed E-state index contributed by atoms with van der Waals surface area (Å²) in [5.74, 6) is 1.01. The zero-order valence-electron chi connectivity index (χ0n) is 16.9. The second-order valence-electron chi connectivity index (χ2n) is 8.17. The lowest BCUT2D eigenvalue weighted by Gasteiger charge is -2.35. The topological polar surface area (TPSA) is 39.7 Å². The fourth-order valence-electron chi connectivity index (χ4n) is 4.05. The van der Waals surface area contributed by atoms with Crippen molar-refractivity contribution >= 4 is 22.4 Å². The summed E-state index contributed by atoms with van der Waals surface area (Å²) in [5.41, 5.74) is 3.06. The van der Waals surface area contributed by atoms with Crippen LogP contribution < -0.4 is 4.90 Å². The van der Waals surface area contributed by atoms with Crippen LogP contribution in [0, 0.1) is 12.8 Å². The van der Waals surface area contributed by atoms with Gasteiger partial charge in [0.25, 0.3) is 5.91 Å². The molecule has 28 heavy (non-hydrogen) atoms. The van der Waals surface area contributed by atoms with Gasteiger partial charge in [0, 0.05) is 43.7 Å². The van der Waals surface area contributed by atoms with Gasteiger partial charge in [0.15, 0.2) is 5.13 Å². The first-order valence-corrected chi connectivity index (χ1v) is 11.2. The number of piperidine rings is 1. The summed E-state index contributed by atoms with van der Waals surface area (Å²) in [6.45, 7) is 10.9. The van der Waals surface area contributed by atoms with E-state index in [0.717, 1.165) is 54.9 Å². The molecular weight excluding hydrogens is 368 g/mol. The highest BCUT2D eigenvalue weighted by molar-refractivity contribution is 7.13. The van der Waals surface area contributed by atoms with Crippen molar-refractivity contribution in [2.24, 2.45) is 5.92 Å². The average molecular weight is 399 g/mol. The number of hydrogen-bond donors (Lipinski definition) is 0. The van der Waals surface area contributed by atoms with Gasteiger partial charge < -0.3 is 9.80 Å². The Balaban J connectivity index is 1.31. The molecule has 4 rings (SSSR count). The Kier molecular flexibility index (Phi) is 5.97. The Morgan fingerprint density at radius 3 is 2.54 bits per heavy atom. The zero-order valence-corrected chi connectivity index (χ0v) is 17.7. The molecule has 1 aromatic carbocycles. The molecule has 2 aliphatic rings. The number of hydrogen-bond acceptors (Lipinski definition) is 5. The number of rotatable bonds is 4. The standard InChI is InChI=1S/C22H30N4OS/c1-17-7-9-24(10-8-17)15-19-16-28-22(23-19)26-13-11-25(12-14-26)21(27)20-6-4-3-5-18(20)2/h3-6,16-17H,7-15H2,1-2H3. The van der Waals surface area contributed by atoms with Crippen molar-refractivity contribution in [3.63, 3.8) is 0 Å². The molecule has 1 amide bonds. The van der Waals surface area contributed by atoms with Crippen LogP contribution in [0.4, 0.5) is 5.13 Å². The summed E-state index contributed by atoms with van der Waals surface area (Å²) in [6, 6.07) is 7.85. The molecule has 0 atom stereocenters. The van der Waals surface area contributed by atoms with Crippen LogP contribution in [-0.4, -0.2) is 60.0 Å². The molecule has 2 aliphatic heterocycles. The Hall–Kier alpha value is -1.92. The number of nitrogens with zero attached hydrogens (tertiary/aromatic N) is 4. The van der Waals surface area contributed by atoms with E-state index in [2.05, 4.69) is 22.1 Å². The van der Waals surface area contributed by atoms with Gasteiger partial charge in [0.05, 0.1) is 5.69 Å². The van der Waals surface area contributed by atoms with Crippen molar-refractivity contribution in [1.82, 2.24) is 14.8 Å². The number of benzene rings is 1. The van der Waals surface area contributed by atoms with Crippen LogP contribution in [0.5, 0.6) is 0 Å². The highest BCUT2D eigenvalue weighted by Crippen LogP contribution is 2.25. The fraction of sp³-hybridized carbons (Fsp3) is 0.545. The molecule has 3 heterocycles. The van der Waals surface area contributed by atoms with E-state index in [-0.39, 0.29) is 5.91 Å². The number of amides is 1. The quantitative estimate of drug-likeness (QED) is 0.788. The van der Waals surface area contributed by atoms with Crippen molar-refractivity contribution in [3.8, 4) is 0 Å². The molecule has 0 bridgehead atoms. The van der Waals surface area contributed by atoms with Crippen molar-refractivity contribution in [3.05, 3.63) is 46.5 Å². The molecule has 1 aromatic heterocycles. The fourth-order valence-corrected chi connectivity index (χ4v) is 4.92. The molecule has 0 aliphatic carbocycles. The first-order chi connectivity index (χ1) is 13.6. The SMILES string of the molecule is Cc1ccccc1C(=O)N1CCN(c2nc(CN3CCC(C)CC3)cs2)CC1.